The fourth-order valence-electron chi connectivity index (χ4n) is 5.51. The Kier molecular flexibility index (Phi) is 2.39. The number of hydrogen-bond acceptors (Lipinski definition) is 2. The molecular weight excluding hydrogens is 234 g/mol. The van der Waals surface area contributed by atoms with Crippen LogP contribution in [0.1, 0.15) is 44.1 Å². The minimum atomic E-state index is 0.440. The summed E-state index contributed by atoms with van der Waals surface area (Å²) in [7, 11) is 1.72. The smallest absolute Gasteiger partial charge is 0.142 e. The molecule has 0 aromatic heterocycles. The van der Waals surface area contributed by atoms with E-state index in [1.54, 1.807) is 7.11 Å². The number of hydrogen-bond donors (Lipinski definition) is 1. The van der Waals surface area contributed by atoms with Gasteiger partial charge in [0.2, 0.25) is 0 Å². The molecule has 4 aliphatic rings. The first-order chi connectivity index (χ1) is 9.18. The van der Waals surface area contributed by atoms with Gasteiger partial charge in [-0.3, -0.25) is 0 Å². The third-order valence-electron chi connectivity index (χ3n) is 5.88. The molecule has 2 heteroatoms. The van der Waals surface area contributed by atoms with E-state index in [2.05, 4.69) is 12.1 Å². The van der Waals surface area contributed by atoms with Crippen molar-refractivity contribution in [3.8, 4) is 5.75 Å². The molecule has 19 heavy (non-hydrogen) atoms. The molecule has 5 rings (SSSR count). The second kappa shape index (κ2) is 3.91. The van der Waals surface area contributed by atoms with Crippen molar-refractivity contribution < 1.29 is 4.74 Å². The number of benzene rings is 1. The van der Waals surface area contributed by atoms with Gasteiger partial charge in [0.15, 0.2) is 0 Å². The van der Waals surface area contributed by atoms with E-state index in [1.165, 1.54) is 44.1 Å². The predicted molar refractivity (Wildman–Crippen MR) is 77.3 cm³/mol. The number of rotatable bonds is 2. The van der Waals surface area contributed by atoms with Gasteiger partial charge >= 0.3 is 0 Å². The zero-order valence-electron chi connectivity index (χ0n) is 11.7. The zero-order chi connectivity index (χ0) is 13.0. The highest BCUT2D eigenvalue weighted by Crippen LogP contribution is 2.61. The number of nitrogen functional groups attached to an aromatic ring is 1. The van der Waals surface area contributed by atoms with Crippen molar-refractivity contribution in [2.75, 3.05) is 12.8 Å². The first kappa shape index (κ1) is 11.6. The summed E-state index contributed by atoms with van der Waals surface area (Å²) >= 11 is 0. The molecular formula is C17H23NO. The molecule has 4 fully saturated rings. The van der Waals surface area contributed by atoms with Gasteiger partial charge in [-0.15, -0.1) is 0 Å². The number of anilines is 1. The van der Waals surface area contributed by atoms with Crippen molar-refractivity contribution >= 4 is 5.69 Å². The van der Waals surface area contributed by atoms with Crippen molar-refractivity contribution in [3.05, 3.63) is 23.8 Å². The topological polar surface area (TPSA) is 35.2 Å². The molecule has 0 radical (unpaired) electrons. The summed E-state index contributed by atoms with van der Waals surface area (Å²) in [5.74, 6) is 3.80. The standard InChI is InChI=1S/C17H23NO/c1-19-16-7-14(2-3-15(16)18)17-8-11-4-12(9-17)6-13(5-11)10-17/h2-3,7,11-13H,4-6,8-10,18H2,1H3. The fourth-order valence-corrected chi connectivity index (χ4v) is 5.51. The Hall–Kier alpha value is -1.18. The molecule has 2 nitrogen and oxygen atoms in total. The first-order valence-corrected chi connectivity index (χ1v) is 7.62. The van der Waals surface area contributed by atoms with Crippen LogP contribution in [0.25, 0.3) is 0 Å². The molecule has 4 saturated carbocycles. The van der Waals surface area contributed by atoms with Crippen LogP contribution in [-0.2, 0) is 5.41 Å². The Morgan fingerprint density at radius 2 is 1.63 bits per heavy atom. The third-order valence-corrected chi connectivity index (χ3v) is 5.88. The van der Waals surface area contributed by atoms with Crippen molar-refractivity contribution in [2.24, 2.45) is 17.8 Å². The molecule has 4 bridgehead atoms. The summed E-state index contributed by atoms with van der Waals surface area (Å²) in [5, 5.41) is 0. The van der Waals surface area contributed by atoms with Gasteiger partial charge in [0.05, 0.1) is 12.8 Å². The molecule has 102 valence electrons. The highest BCUT2D eigenvalue weighted by molar-refractivity contribution is 5.55. The summed E-state index contributed by atoms with van der Waals surface area (Å²) < 4.78 is 5.42. The van der Waals surface area contributed by atoms with Crippen LogP contribution in [0, 0.1) is 17.8 Å². The summed E-state index contributed by atoms with van der Waals surface area (Å²) in [6, 6.07) is 6.50. The lowest BCUT2D eigenvalue weighted by Gasteiger charge is -2.57. The maximum atomic E-state index is 5.97. The molecule has 0 saturated heterocycles. The summed E-state index contributed by atoms with van der Waals surface area (Å²) in [4.78, 5) is 0. The van der Waals surface area contributed by atoms with Crippen LogP contribution in [0.4, 0.5) is 5.69 Å². The monoisotopic (exact) mass is 257 g/mol. The second-order valence-electron chi connectivity index (χ2n) is 7.15. The van der Waals surface area contributed by atoms with Gasteiger partial charge in [-0.1, -0.05) is 6.07 Å². The largest absolute Gasteiger partial charge is 0.495 e. The van der Waals surface area contributed by atoms with Gasteiger partial charge in [0.1, 0.15) is 5.75 Å². The van der Waals surface area contributed by atoms with Crippen molar-refractivity contribution in [2.45, 2.75) is 43.9 Å². The Bertz CT molecular complexity index is 473. The van der Waals surface area contributed by atoms with Crippen molar-refractivity contribution in [1.82, 2.24) is 0 Å². The Morgan fingerprint density at radius 3 is 2.16 bits per heavy atom. The lowest BCUT2D eigenvalue weighted by atomic mass is 9.48. The van der Waals surface area contributed by atoms with Gasteiger partial charge in [-0.2, -0.15) is 0 Å². The second-order valence-corrected chi connectivity index (χ2v) is 7.15. The van der Waals surface area contributed by atoms with E-state index in [4.69, 9.17) is 10.5 Å². The fraction of sp³-hybridized carbons (Fsp3) is 0.647. The molecule has 0 aliphatic heterocycles. The third kappa shape index (κ3) is 1.69. The number of methoxy groups -OCH3 is 1. The Balaban J connectivity index is 1.75. The summed E-state index contributed by atoms with van der Waals surface area (Å²) in [5.41, 5.74) is 8.65. The van der Waals surface area contributed by atoms with E-state index in [9.17, 15) is 0 Å². The summed E-state index contributed by atoms with van der Waals surface area (Å²) in [6.45, 7) is 0. The van der Waals surface area contributed by atoms with Crippen LogP contribution in [0.15, 0.2) is 18.2 Å². The quantitative estimate of drug-likeness (QED) is 0.819. The van der Waals surface area contributed by atoms with E-state index in [0.29, 0.717) is 5.41 Å². The van der Waals surface area contributed by atoms with E-state index in [0.717, 1.165) is 29.2 Å². The van der Waals surface area contributed by atoms with E-state index in [-0.39, 0.29) is 0 Å². The molecule has 2 N–H and O–H groups in total. The van der Waals surface area contributed by atoms with Crippen LogP contribution in [0.5, 0.6) is 5.75 Å². The lowest BCUT2D eigenvalue weighted by Crippen LogP contribution is -2.48. The van der Waals surface area contributed by atoms with Crippen LogP contribution < -0.4 is 10.5 Å². The number of ether oxygens (including phenoxy) is 1. The molecule has 0 heterocycles. The lowest BCUT2D eigenvalue weighted by molar-refractivity contribution is -0.00525. The Morgan fingerprint density at radius 1 is 1.05 bits per heavy atom. The van der Waals surface area contributed by atoms with Crippen LogP contribution in [0.3, 0.4) is 0 Å². The molecule has 1 aromatic carbocycles. The average molecular weight is 257 g/mol. The van der Waals surface area contributed by atoms with Gasteiger partial charge in [-0.25, -0.2) is 0 Å². The highest BCUT2D eigenvalue weighted by atomic mass is 16.5. The average Bonchev–Trinajstić information content (AvgIpc) is 2.37. The van der Waals surface area contributed by atoms with Crippen LogP contribution in [0.2, 0.25) is 0 Å². The minimum Gasteiger partial charge on any atom is -0.495 e. The van der Waals surface area contributed by atoms with E-state index < -0.39 is 0 Å². The molecule has 0 atom stereocenters. The van der Waals surface area contributed by atoms with Gasteiger partial charge < -0.3 is 10.5 Å². The first-order valence-electron chi connectivity index (χ1n) is 7.62. The number of nitrogens with two attached hydrogens (primary N) is 1. The maximum absolute atomic E-state index is 5.97. The molecule has 0 unspecified atom stereocenters. The van der Waals surface area contributed by atoms with Crippen molar-refractivity contribution in [3.63, 3.8) is 0 Å². The SMILES string of the molecule is COc1cc(C23CC4CC(CC(C4)C2)C3)ccc1N. The zero-order valence-corrected chi connectivity index (χ0v) is 11.7. The van der Waals surface area contributed by atoms with E-state index >= 15 is 0 Å². The van der Waals surface area contributed by atoms with Crippen LogP contribution >= 0.6 is 0 Å². The van der Waals surface area contributed by atoms with Gasteiger partial charge in [0.25, 0.3) is 0 Å². The Labute approximate surface area is 115 Å². The van der Waals surface area contributed by atoms with Gasteiger partial charge in [0, 0.05) is 0 Å². The highest BCUT2D eigenvalue weighted by Gasteiger charge is 2.51. The molecule has 4 aliphatic carbocycles. The van der Waals surface area contributed by atoms with Crippen molar-refractivity contribution in [1.29, 1.82) is 0 Å². The normalized spacial score (nSPS) is 39.5. The molecule has 0 amide bonds. The minimum absolute atomic E-state index is 0.440. The van der Waals surface area contributed by atoms with Gasteiger partial charge in [-0.05, 0) is 79.4 Å². The predicted octanol–water partition coefficient (Wildman–Crippen LogP) is 3.75. The molecule has 1 aromatic rings. The maximum Gasteiger partial charge on any atom is 0.142 e. The van der Waals surface area contributed by atoms with E-state index in [1.807, 2.05) is 6.07 Å². The van der Waals surface area contributed by atoms with Crippen LogP contribution in [-0.4, -0.2) is 7.11 Å². The molecule has 0 spiro atoms. The summed E-state index contributed by atoms with van der Waals surface area (Å²) in [6.07, 6.45) is 8.66.